The van der Waals surface area contributed by atoms with Gasteiger partial charge in [0.15, 0.2) is 0 Å². The first kappa shape index (κ1) is 13.6. The van der Waals surface area contributed by atoms with Crippen LogP contribution in [0.15, 0.2) is 18.5 Å². The highest BCUT2D eigenvalue weighted by Crippen LogP contribution is 2.18. The van der Waals surface area contributed by atoms with Crippen molar-refractivity contribution in [2.24, 2.45) is 5.92 Å². The Morgan fingerprint density at radius 2 is 2.32 bits per heavy atom. The molecule has 1 amide bonds. The Labute approximate surface area is 112 Å². The highest BCUT2D eigenvalue weighted by Gasteiger charge is 2.29. The molecule has 0 spiro atoms. The lowest BCUT2D eigenvalue weighted by Gasteiger charge is -2.31. The molecule has 2 heterocycles. The fourth-order valence-corrected chi connectivity index (χ4v) is 2.29. The van der Waals surface area contributed by atoms with E-state index in [0.29, 0.717) is 19.7 Å². The lowest BCUT2D eigenvalue weighted by atomic mass is 9.98. The second-order valence-electron chi connectivity index (χ2n) is 4.63. The van der Waals surface area contributed by atoms with Gasteiger partial charge >= 0.3 is 5.97 Å². The molecule has 0 aliphatic carbocycles. The molecular weight excluding hydrogens is 246 g/mol. The summed E-state index contributed by atoms with van der Waals surface area (Å²) >= 11 is 0. The van der Waals surface area contributed by atoms with E-state index in [1.165, 1.54) is 0 Å². The maximum atomic E-state index is 12.1. The molecule has 6 heteroatoms. The summed E-state index contributed by atoms with van der Waals surface area (Å²) < 4.78 is 6.61. The van der Waals surface area contributed by atoms with Gasteiger partial charge in [0.05, 0.1) is 12.5 Å². The average Bonchev–Trinajstić information content (AvgIpc) is 2.92. The van der Waals surface area contributed by atoms with Gasteiger partial charge in [0.25, 0.3) is 0 Å². The quantitative estimate of drug-likeness (QED) is 0.751. The molecule has 1 aromatic rings. The van der Waals surface area contributed by atoms with Crippen molar-refractivity contribution in [1.82, 2.24) is 14.7 Å². The predicted molar refractivity (Wildman–Crippen MR) is 68.2 cm³/mol. The predicted octanol–water partition coefficient (Wildman–Crippen LogP) is 0.685. The highest BCUT2D eigenvalue weighted by molar-refractivity contribution is 5.78. The molecule has 1 aromatic heterocycles. The first-order chi connectivity index (χ1) is 9.20. The van der Waals surface area contributed by atoms with Crippen LogP contribution < -0.4 is 0 Å². The molecule has 6 nitrogen and oxygen atoms in total. The van der Waals surface area contributed by atoms with Gasteiger partial charge in [-0.3, -0.25) is 14.3 Å². The Bertz CT molecular complexity index is 430. The van der Waals surface area contributed by atoms with Gasteiger partial charge < -0.3 is 9.64 Å². The molecule has 104 valence electrons. The molecule has 2 rings (SSSR count). The van der Waals surface area contributed by atoms with Crippen LogP contribution in [0.25, 0.3) is 0 Å². The van der Waals surface area contributed by atoms with Crippen LogP contribution in [0.1, 0.15) is 19.8 Å². The van der Waals surface area contributed by atoms with E-state index < -0.39 is 0 Å². The minimum atomic E-state index is -0.195. The minimum absolute atomic E-state index is 0.00213. The third-order valence-corrected chi connectivity index (χ3v) is 3.25. The lowest BCUT2D eigenvalue weighted by molar-refractivity contribution is -0.151. The van der Waals surface area contributed by atoms with E-state index in [1.807, 2.05) is 0 Å². The van der Waals surface area contributed by atoms with E-state index in [4.69, 9.17) is 4.74 Å². The maximum Gasteiger partial charge on any atom is 0.310 e. The van der Waals surface area contributed by atoms with Gasteiger partial charge in [-0.05, 0) is 25.8 Å². The van der Waals surface area contributed by atoms with Crippen LogP contribution in [-0.2, 0) is 20.9 Å². The van der Waals surface area contributed by atoms with Crippen molar-refractivity contribution in [1.29, 1.82) is 0 Å². The van der Waals surface area contributed by atoms with E-state index >= 15 is 0 Å². The van der Waals surface area contributed by atoms with Crippen molar-refractivity contribution in [2.45, 2.75) is 26.3 Å². The van der Waals surface area contributed by atoms with Crippen LogP contribution in [0.5, 0.6) is 0 Å². The van der Waals surface area contributed by atoms with Crippen molar-refractivity contribution < 1.29 is 14.3 Å². The van der Waals surface area contributed by atoms with Gasteiger partial charge in [0, 0.05) is 25.5 Å². The van der Waals surface area contributed by atoms with Gasteiger partial charge in [-0.15, -0.1) is 0 Å². The summed E-state index contributed by atoms with van der Waals surface area (Å²) in [7, 11) is 0. The molecule has 1 saturated heterocycles. The van der Waals surface area contributed by atoms with E-state index in [1.54, 1.807) is 35.0 Å². The second-order valence-corrected chi connectivity index (χ2v) is 4.63. The molecule has 1 fully saturated rings. The van der Waals surface area contributed by atoms with Crippen LogP contribution in [0, 0.1) is 5.92 Å². The summed E-state index contributed by atoms with van der Waals surface area (Å²) in [6.07, 6.45) is 5.04. The molecule has 0 N–H and O–H groups in total. The van der Waals surface area contributed by atoms with Gasteiger partial charge in [0.2, 0.25) is 5.91 Å². The Morgan fingerprint density at radius 1 is 1.47 bits per heavy atom. The van der Waals surface area contributed by atoms with E-state index in [2.05, 4.69) is 5.10 Å². The maximum absolute atomic E-state index is 12.1. The number of carbonyl (C=O) groups is 2. The van der Waals surface area contributed by atoms with Gasteiger partial charge in [0.1, 0.15) is 6.54 Å². The number of piperidine rings is 1. The summed E-state index contributed by atoms with van der Waals surface area (Å²) in [5.74, 6) is -0.382. The van der Waals surface area contributed by atoms with E-state index in [9.17, 15) is 9.59 Å². The zero-order valence-electron chi connectivity index (χ0n) is 11.1. The van der Waals surface area contributed by atoms with Crippen molar-refractivity contribution in [2.75, 3.05) is 19.7 Å². The van der Waals surface area contributed by atoms with E-state index in [-0.39, 0.29) is 24.3 Å². The van der Waals surface area contributed by atoms with Gasteiger partial charge in [-0.1, -0.05) is 0 Å². The summed E-state index contributed by atoms with van der Waals surface area (Å²) in [5.41, 5.74) is 0. The number of aromatic nitrogens is 2. The van der Waals surface area contributed by atoms with Crippen molar-refractivity contribution >= 4 is 11.9 Å². The zero-order chi connectivity index (χ0) is 13.7. The normalized spacial score (nSPS) is 19.2. The van der Waals surface area contributed by atoms with Crippen LogP contribution in [-0.4, -0.2) is 46.3 Å². The molecule has 1 atom stereocenters. The number of carbonyl (C=O) groups excluding carboxylic acids is 2. The third-order valence-electron chi connectivity index (χ3n) is 3.25. The molecule has 0 radical (unpaired) electrons. The Balaban J connectivity index is 1.89. The SMILES string of the molecule is CCOC(=O)[C@@H]1CCCN(C(=O)Cn2cccn2)C1. The van der Waals surface area contributed by atoms with Crippen molar-refractivity contribution in [3.05, 3.63) is 18.5 Å². The molecule has 0 bridgehead atoms. The van der Waals surface area contributed by atoms with Crippen molar-refractivity contribution in [3.63, 3.8) is 0 Å². The fraction of sp³-hybridized carbons (Fsp3) is 0.615. The highest BCUT2D eigenvalue weighted by atomic mass is 16.5. The summed E-state index contributed by atoms with van der Waals surface area (Å²) in [4.78, 5) is 25.5. The average molecular weight is 265 g/mol. The van der Waals surface area contributed by atoms with Crippen molar-refractivity contribution in [3.8, 4) is 0 Å². The fourth-order valence-electron chi connectivity index (χ4n) is 2.29. The smallest absolute Gasteiger partial charge is 0.310 e. The van der Waals surface area contributed by atoms with Crippen LogP contribution in [0.4, 0.5) is 0 Å². The summed E-state index contributed by atoms with van der Waals surface area (Å²) in [6, 6.07) is 1.78. The Kier molecular flexibility index (Phi) is 4.54. The number of ether oxygens (including phenoxy) is 1. The number of likely N-dealkylation sites (tertiary alicyclic amines) is 1. The Morgan fingerprint density at radius 3 is 3.00 bits per heavy atom. The number of esters is 1. The second kappa shape index (κ2) is 6.36. The largest absolute Gasteiger partial charge is 0.466 e. The molecule has 0 saturated carbocycles. The standard InChI is InChI=1S/C13H19N3O3/c1-2-19-13(18)11-5-3-7-15(9-11)12(17)10-16-8-4-6-14-16/h4,6,8,11H,2-3,5,7,9-10H2,1H3/t11-/m1/s1. The first-order valence-electron chi connectivity index (χ1n) is 6.62. The summed E-state index contributed by atoms with van der Waals surface area (Å²) in [5, 5.41) is 4.01. The molecular formula is C13H19N3O3. The van der Waals surface area contributed by atoms with Crippen LogP contribution in [0.3, 0.4) is 0 Å². The zero-order valence-corrected chi connectivity index (χ0v) is 11.1. The molecule has 0 unspecified atom stereocenters. The minimum Gasteiger partial charge on any atom is -0.466 e. The molecule has 1 aliphatic heterocycles. The third kappa shape index (κ3) is 3.56. The number of amides is 1. The Hall–Kier alpha value is -1.85. The number of rotatable bonds is 4. The molecule has 19 heavy (non-hydrogen) atoms. The van der Waals surface area contributed by atoms with E-state index in [0.717, 1.165) is 12.8 Å². The van der Waals surface area contributed by atoms with Gasteiger partial charge in [-0.2, -0.15) is 5.10 Å². The number of nitrogens with zero attached hydrogens (tertiary/aromatic N) is 3. The number of hydrogen-bond donors (Lipinski definition) is 0. The molecule has 0 aromatic carbocycles. The lowest BCUT2D eigenvalue weighted by Crippen LogP contribution is -2.44. The summed E-state index contributed by atoms with van der Waals surface area (Å²) in [6.45, 7) is 3.56. The van der Waals surface area contributed by atoms with Gasteiger partial charge in [-0.25, -0.2) is 0 Å². The first-order valence-corrected chi connectivity index (χ1v) is 6.62. The van der Waals surface area contributed by atoms with Crippen LogP contribution >= 0.6 is 0 Å². The topological polar surface area (TPSA) is 64.4 Å². The molecule has 1 aliphatic rings. The number of hydrogen-bond acceptors (Lipinski definition) is 4. The van der Waals surface area contributed by atoms with Crippen LogP contribution in [0.2, 0.25) is 0 Å². The monoisotopic (exact) mass is 265 g/mol.